The molecule has 2 fully saturated rings. The maximum Gasteiger partial charge on any atom is 0.323 e. The molecule has 31 heavy (non-hydrogen) atoms. The van der Waals surface area contributed by atoms with Crippen molar-refractivity contribution in [2.75, 3.05) is 13.7 Å². The largest absolute Gasteiger partial charge is 0.490 e. The molecule has 0 unspecified atom stereocenters. The first-order valence-corrected chi connectivity index (χ1v) is 11.8. The molecule has 0 amide bonds. The molecule has 1 atom stereocenters. The fourth-order valence-corrected chi connectivity index (χ4v) is 5.34. The van der Waals surface area contributed by atoms with Crippen molar-refractivity contribution in [3.05, 3.63) is 42.0 Å². The monoisotopic (exact) mass is 423 g/mol. The summed E-state index contributed by atoms with van der Waals surface area (Å²) in [7, 11) is 1.48. The molecule has 4 heteroatoms. The maximum atomic E-state index is 12.0. The lowest BCUT2D eigenvalue weighted by atomic mass is 9.72. The first-order chi connectivity index (χ1) is 14.8. The number of benzene rings is 2. The second-order valence-corrected chi connectivity index (χ2v) is 10.5. The molecule has 2 aromatic carbocycles. The Balaban J connectivity index is 1.39. The highest BCUT2D eigenvalue weighted by Crippen LogP contribution is 2.39. The third kappa shape index (κ3) is 5.23. The van der Waals surface area contributed by atoms with E-state index in [2.05, 4.69) is 62.1 Å². The highest BCUT2D eigenvalue weighted by atomic mass is 16.5. The fraction of sp³-hybridized carbons (Fsp3) is 0.593. The smallest absolute Gasteiger partial charge is 0.323 e. The van der Waals surface area contributed by atoms with Crippen molar-refractivity contribution >= 4 is 16.7 Å². The van der Waals surface area contributed by atoms with Gasteiger partial charge in [0.15, 0.2) is 0 Å². The van der Waals surface area contributed by atoms with Gasteiger partial charge in [0.05, 0.1) is 13.2 Å². The van der Waals surface area contributed by atoms with Crippen LogP contribution in [-0.4, -0.2) is 36.7 Å². The second kappa shape index (κ2) is 9.20. The molecular formula is C27H37NO3. The number of carbonyl (C=O) groups excluding carboxylic acids is 1. The number of methoxy groups -OCH3 is 1. The highest BCUT2D eigenvalue weighted by Gasteiger charge is 2.32. The summed E-state index contributed by atoms with van der Waals surface area (Å²) in [5, 5.41) is 2.42. The van der Waals surface area contributed by atoms with Crippen molar-refractivity contribution in [2.45, 2.75) is 78.0 Å². The van der Waals surface area contributed by atoms with Crippen molar-refractivity contribution < 1.29 is 14.3 Å². The van der Waals surface area contributed by atoms with Gasteiger partial charge in [-0.05, 0) is 90.9 Å². The van der Waals surface area contributed by atoms with Crippen LogP contribution in [-0.2, 0) is 16.1 Å². The van der Waals surface area contributed by atoms with E-state index in [0.29, 0.717) is 11.5 Å². The number of fused-ring (bicyclic) bond motifs is 1. The van der Waals surface area contributed by atoms with Gasteiger partial charge >= 0.3 is 5.97 Å². The zero-order valence-corrected chi connectivity index (χ0v) is 19.5. The standard InChI is InChI=1S/C27H37NO3/c1-27(2,3)22-10-13-23(14-11-22)31-24-12-9-20-16-19(7-8-21(20)17-24)18-28-15-5-6-25(28)26(29)30-4/h7-9,12,16-17,22-23,25H,5-6,10-11,13-15,18H2,1-4H3/t22?,23?,25-/m0/s1. The van der Waals surface area contributed by atoms with E-state index in [0.717, 1.165) is 50.4 Å². The van der Waals surface area contributed by atoms with Gasteiger partial charge in [-0.2, -0.15) is 0 Å². The number of rotatable bonds is 5. The molecule has 1 saturated heterocycles. The van der Waals surface area contributed by atoms with Crippen LogP contribution >= 0.6 is 0 Å². The van der Waals surface area contributed by atoms with E-state index in [9.17, 15) is 4.79 Å². The van der Waals surface area contributed by atoms with E-state index in [1.165, 1.54) is 36.3 Å². The first-order valence-electron chi connectivity index (χ1n) is 11.8. The van der Waals surface area contributed by atoms with E-state index < -0.39 is 0 Å². The van der Waals surface area contributed by atoms with Crippen LogP contribution in [0.3, 0.4) is 0 Å². The minimum Gasteiger partial charge on any atom is -0.490 e. The predicted molar refractivity (Wildman–Crippen MR) is 125 cm³/mol. The van der Waals surface area contributed by atoms with E-state index in [4.69, 9.17) is 9.47 Å². The van der Waals surface area contributed by atoms with Gasteiger partial charge in [0.2, 0.25) is 0 Å². The Hall–Kier alpha value is -2.07. The van der Waals surface area contributed by atoms with E-state index in [1.807, 2.05) is 0 Å². The van der Waals surface area contributed by atoms with Crippen LogP contribution in [0.2, 0.25) is 0 Å². The van der Waals surface area contributed by atoms with Crippen LogP contribution in [0.15, 0.2) is 36.4 Å². The van der Waals surface area contributed by atoms with Crippen molar-refractivity contribution in [1.29, 1.82) is 0 Å². The summed E-state index contributed by atoms with van der Waals surface area (Å²) in [6.07, 6.45) is 7.08. The Morgan fingerprint density at radius 2 is 1.71 bits per heavy atom. The van der Waals surface area contributed by atoms with Gasteiger partial charge in [-0.3, -0.25) is 9.69 Å². The van der Waals surface area contributed by atoms with Gasteiger partial charge in [0.25, 0.3) is 0 Å². The zero-order valence-electron chi connectivity index (χ0n) is 19.5. The maximum absolute atomic E-state index is 12.0. The van der Waals surface area contributed by atoms with E-state index >= 15 is 0 Å². The van der Waals surface area contributed by atoms with Gasteiger partial charge in [0, 0.05) is 6.54 Å². The highest BCUT2D eigenvalue weighted by molar-refractivity contribution is 5.84. The summed E-state index contributed by atoms with van der Waals surface area (Å²) in [5.74, 6) is 1.66. The number of carbonyl (C=O) groups is 1. The normalized spacial score (nSPS) is 25.0. The molecule has 168 valence electrons. The molecule has 4 rings (SSSR count). The van der Waals surface area contributed by atoms with Gasteiger partial charge in [0.1, 0.15) is 11.8 Å². The van der Waals surface area contributed by atoms with Gasteiger partial charge < -0.3 is 9.47 Å². The van der Waals surface area contributed by atoms with Gasteiger partial charge in [-0.15, -0.1) is 0 Å². The molecular weight excluding hydrogens is 386 g/mol. The van der Waals surface area contributed by atoms with Crippen LogP contribution in [0.25, 0.3) is 10.8 Å². The molecule has 1 aliphatic carbocycles. The average molecular weight is 424 g/mol. The lowest BCUT2D eigenvalue weighted by molar-refractivity contribution is -0.146. The summed E-state index contributed by atoms with van der Waals surface area (Å²) < 4.78 is 11.3. The summed E-state index contributed by atoms with van der Waals surface area (Å²) in [6, 6.07) is 12.9. The van der Waals surface area contributed by atoms with Gasteiger partial charge in [-0.25, -0.2) is 0 Å². The number of esters is 1. The molecule has 2 aromatic rings. The van der Waals surface area contributed by atoms with Crippen LogP contribution in [0.4, 0.5) is 0 Å². The van der Waals surface area contributed by atoms with Crippen molar-refractivity contribution in [2.24, 2.45) is 11.3 Å². The molecule has 0 bridgehead atoms. The molecule has 2 aliphatic rings. The quantitative estimate of drug-likeness (QED) is 0.556. The summed E-state index contributed by atoms with van der Waals surface area (Å²) in [6.45, 7) is 8.80. The summed E-state index contributed by atoms with van der Waals surface area (Å²) >= 11 is 0. The van der Waals surface area contributed by atoms with Crippen LogP contribution < -0.4 is 4.74 Å². The zero-order chi connectivity index (χ0) is 22.0. The van der Waals surface area contributed by atoms with Gasteiger partial charge in [-0.1, -0.05) is 39.0 Å². The number of nitrogens with zero attached hydrogens (tertiary/aromatic N) is 1. The Morgan fingerprint density at radius 1 is 1.00 bits per heavy atom. The predicted octanol–water partition coefficient (Wildman–Crippen LogP) is 5.96. The van der Waals surface area contributed by atoms with Crippen LogP contribution in [0, 0.1) is 11.3 Å². The van der Waals surface area contributed by atoms with Crippen molar-refractivity contribution in [3.63, 3.8) is 0 Å². The molecule has 0 aromatic heterocycles. The first kappa shape index (κ1) is 22.1. The second-order valence-electron chi connectivity index (χ2n) is 10.5. The number of ether oxygens (including phenoxy) is 2. The molecule has 0 radical (unpaired) electrons. The minimum absolute atomic E-state index is 0.107. The Kier molecular flexibility index (Phi) is 6.57. The Labute approximate surface area is 186 Å². The lowest BCUT2D eigenvalue weighted by Crippen LogP contribution is -2.36. The molecule has 4 nitrogen and oxygen atoms in total. The summed E-state index contributed by atoms with van der Waals surface area (Å²) in [4.78, 5) is 14.3. The number of likely N-dealkylation sites (tertiary alicyclic amines) is 1. The third-order valence-electron chi connectivity index (χ3n) is 7.30. The molecule has 1 saturated carbocycles. The molecule has 0 spiro atoms. The minimum atomic E-state index is -0.114. The topological polar surface area (TPSA) is 38.8 Å². The summed E-state index contributed by atoms with van der Waals surface area (Å²) in [5.41, 5.74) is 1.63. The van der Waals surface area contributed by atoms with Crippen LogP contribution in [0.5, 0.6) is 5.75 Å². The number of hydrogen-bond acceptors (Lipinski definition) is 4. The molecule has 0 N–H and O–H groups in total. The van der Waals surface area contributed by atoms with Crippen molar-refractivity contribution in [3.8, 4) is 5.75 Å². The molecule has 1 aliphatic heterocycles. The fourth-order valence-electron chi connectivity index (χ4n) is 5.34. The Bertz CT molecular complexity index is 908. The Morgan fingerprint density at radius 3 is 2.42 bits per heavy atom. The van der Waals surface area contributed by atoms with Crippen LogP contribution in [0.1, 0.15) is 64.9 Å². The van der Waals surface area contributed by atoms with Crippen molar-refractivity contribution in [1.82, 2.24) is 4.90 Å². The lowest BCUT2D eigenvalue weighted by Gasteiger charge is -2.37. The van der Waals surface area contributed by atoms with E-state index in [1.54, 1.807) is 0 Å². The average Bonchev–Trinajstić information content (AvgIpc) is 3.21. The third-order valence-corrected chi connectivity index (χ3v) is 7.30. The molecule has 1 heterocycles. The van der Waals surface area contributed by atoms with E-state index in [-0.39, 0.29) is 12.0 Å². The SMILES string of the molecule is COC(=O)[C@@H]1CCCN1Cc1ccc2cc(OC3CCC(C(C)(C)C)CC3)ccc2c1. The number of hydrogen-bond donors (Lipinski definition) is 0.